The van der Waals surface area contributed by atoms with Crippen molar-refractivity contribution in [1.29, 1.82) is 0 Å². The van der Waals surface area contributed by atoms with Crippen LogP contribution in [-0.2, 0) is 6.42 Å². The summed E-state index contributed by atoms with van der Waals surface area (Å²) in [6.45, 7) is 4.66. The largest absolute Gasteiger partial charge is 0.366 e. The fraction of sp³-hybridized carbons (Fsp3) is 0.778. The van der Waals surface area contributed by atoms with E-state index in [1.165, 1.54) is 51.4 Å². The minimum absolute atomic E-state index is 0.567. The topological polar surface area (TPSA) is 37.8 Å². The lowest BCUT2D eigenvalue weighted by atomic mass is 9.68. The Hall–Kier alpha value is -0.640. The number of rotatable bonds is 4. The van der Waals surface area contributed by atoms with Crippen LogP contribution in [0.2, 0.25) is 0 Å². The Kier molecular flexibility index (Phi) is 5.06. The first-order valence-corrected chi connectivity index (χ1v) is 9.67. The molecule has 0 amide bonds. The van der Waals surface area contributed by atoms with E-state index >= 15 is 0 Å². The predicted molar refractivity (Wildman–Crippen MR) is 95.1 cm³/mol. The smallest absolute Gasteiger partial charge is 0.144 e. The molecule has 4 heteroatoms. The summed E-state index contributed by atoms with van der Waals surface area (Å²) < 4.78 is 1.04. The van der Waals surface area contributed by atoms with Crippen molar-refractivity contribution in [2.75, 3.05) is 5.32 Å². The zero-order valence-corrected chi connectivity index (χ0v) is 15.5. The molecule has 122 valence electrons. The molecule has 2 fully saturated rings. The van der Waals surface area contributed by atoms with E-state index in [9.17, 15) is 0 Å². The standard InChI is InChI=1S/C18H28BrN3/c1-3-15-16(19)17(21-12-20-15)22-14-8-6-13(7-9-14)18(2)10-4-5-11-18/h12-14H,3-11H2,1-2H3,(H,20,21,22)/t13-,14+. The third kappa shape index (κ3) is 3.32. The van der Waals surface area contributed by atoms with E-state index in [-0.39, 0.29) is 0 Å². The van der Waals surface area contributed by atoms with E-state index < -0.39 is 0 Å². The maximum absolute atomic E-state index is 4.42. The zero-order valence-electron chi connectivity index (χ0n) is 13.9. The summed E-state index contributed by atoms with van der Waals surface area (Å²) in [7, 11) is 0. The highest BCUT2D eigenvalue weighted by Crippen LogP contribution is 2.49. The predicted octanol–water partition coefficient (Wildman–Crippen LogP) is 5.35. The number of hydrogen-bond acceptors (Lipinski definition) is 3. The molecule has 3 rings (SSSR count). The van der Waals surface area contributed by atoms with Gasteiger partial charge >= 0.3 is 0 Å². The second kappa shape index (κ2) is 6.86. The van der Waals surface area contributed by atoms with Crippen molar-refractivity contribution in [1.82, 2.24) is 9.97 Å². The summed E-state index contributed by atoms with van der Waals surface area (Å²) in [4.78, 5) is 8.75. The van der Waals surface area contributed by atoms with Gasteiger partial charge in [-0.05, 0) is 72.2 Å². The van der Waals surface area contributed by atoms with Crippen LogP contribution in [0.3, 0.4) is 0 Å². The number of aromatic nitrogens is 2. The lowest BCUT2D eigenvalue weighted by Gasteiger charge is -2.39. The van der Waals surface area contributed by atoms with Crippen LogP contribution in [0.15, 0.2) is 10.8 Å². The van der Waals surface area contributed by atoms with Crippen LogP contribution in [0.5, 0.6) is 0 Å². The Morgan fingerprint density at radius 3 is 2.50 bits per heavy atom. The van der Waals surface area contributed by atoms with Gasteiger partial charge in [0.05, 0.1) is 10.2 Å². The minimum Gasteiger partial charge on any atom is -0.366 e. The van der Waals surface area contributed by atoms with Crippen LogP contribution in [0, 0.1) is 11.3 Å². The second-order valence-electron chi connectivity index (χ2n) is 7.39. The molecular formula is C18H28BrN3. The van der Waals surface area contributed by atoms with Gasteiger partial charge in [-0.3, -0.25) is 0 Å². The van der Waals surface area contributed by atoms with Gasteiger partial charge in [-0.25, -0.2) is 9.97 Å². The molecule has 2 aliphatic carbocycles. The summed E-state index contributed by atoms with van der Waals surface area (Å²) in [5.41, 5.74) is 1.72. The van der Waals surface area contributed by atoms with E-state index in [2.05, 4.69) is 45.1 Å². The number of nitrogens with zero attached hydrogens (tertiary/aromatic N) is 2. The van der Waals surface area contributed by atoms with Crippen LogP contribution in [0.25, 0.3) is 0 Å². The first-order valence-electron chi connectivity index (χ1n) is 8.88. The van der Waals surface area contributed by atoms with E-state index in [4.69, 9.17) is 0 Å². The quantitative estimate of drug-likeness (QED) is 0.780. The Morgan fingerprint density at radius 2 is 1.86 bits per heavy atom. The number of halogens is 1. The molecule has 0 atom stereocenters. The molecule has 0 unspecified atom stereocenters. The van der Waals surface area contributed by atoms with Gasteiger partial charge in [-0.2, -0.15) is 0 Å². The van der Waals surface area contributed by atoms with Crippen molar-refractivity contribution in [2.45, 2.75) is 77.7 Å². The first-order chi connectivity index (χ1) is 10.6. The van der Waals surface area contributed by atoms with Gasteiger partial charge in [0.1, 0.15) is 12.1 Å². The molecule has 2 saturated carbocycles. The van der Waals surface area contributed by atoms with Crippen LogP contribution in [0.1, 0.15) is 70.9 Å². The Balaban J connectivity index is 1.58. The maximum atomic E-state index is 4.42. The summed E-state index contributed by atoms with van der Waals surface area (Å²) in [6.07, 6.45) is 13.7. The Bertz CT molecular complexity index is 503. The van der Waals surface area contributed by atoms with E-state index in [0.29, 0.717) is 11.5 Å². The number of aryl methyl sites for hydroxylation is 1. The molecule has 0 saturated heterocycles. The molecule has 1 N–H and O–H groups in total. The zero-order chi connectivity index (χ0) is 15.6. The van der Waals surface area contributed by atoms with Crippen molar-refractivity contribution < 1.29 is 0 Å². The molecule has 1 heterocycles. The highest BCUT2D eigenvalue weighted by Gasteiger charge is 2.38. The lowest BCUT2D eigenvalue weighted by molar-refractivity contribution is 0.139. The van der Waals surface area contributed by atoms with Gasteiger partial charge in [-0.15, -0.1) is 0 Å². The van der Waals surface area contributed by atoms with Gasteiger partial charge < -0.3 is 5.32 Å². The molecule has 22 heavy (non-hydrogen) atoms. The summed E-state index contributed by atoms with van der Waals surface area (Å²) in [5.74, 6) is 1.91. The van der Waals surface area contributed by atoms with Crippen molar-refractivity contribution in [3.8, 4) is 0 Å². The van der Waals surface area contributed by atoms with E-state index in [0.717, 1.165) is 28.3 Å². The molecule has 0 spiro atoms. The maximum Gasteiger partial charge on any atom is 0.144 e. The summed E-state index contributed by atoms with van der Waals surface area (Å²) in [6, 6.07) is 0.567. The van der Waals surface area contributed by atoms with Gasteiger partial charge in [0.25, 0.3) is 0 Å². The number of hydrogen-bond donors (Lipinski definition) is 1. The van der Waals surface area contributed by atoms with Gasteiger partial charge in [0.2, 0.25) is 0 Å². The van der Waals surface area contributed by atoms with Crippen molar-refractivity contribution >= 4 is 21.7 Å². The van der Waals surface area contributed by atoms with Crippen molar-refractivity contribution in [3.05, 3.63) is 16.5 Å². The Morgan fingerprint density at radius 1 is 1.18 bits per heavy atom. The molecule has 0 aliphatic heterocycles. The number of anilines is 1. The molecule has 2 aliphatic rings. The van der Waals surface area contributed by atoms with Gasteiger partial charge in [0, 0.05) is 6.04 Å². The molecule has 1 aromatic rings. The third-order valence-corrected chi connectivity index (χ3v) is 6.83. The third-order valence-electron chi connectivity index (χ3n) is 6.00. The second-order valence-corrected chi connectivity index (χ2v) is 8.18. The average Bonchev–Trinajstić information content (AvgIpc) is 2.98. The monoisotopic (exact) mass is 365 g/mol. The first kappa shape index (κ1) is 16.2. The SMILES string of the molecule is CCc1ncnc(N[C@H]2CC[C@@H](C3(C)CCCC3)CC2)c1Br. The van der Waals surface area contributed by atoms with Crippen LogP contribution < -0.4 is 5.32 Å². The van der Waals surface area contributed by atoms with Crippen LogP contribution >= 0.6 is 15.9 Å². The summed E-state index contributed by atoms with van der Waals surface area (Å²) >= 11 is 3.66. The van der Waals surface area contributed by atoms with Crippen molar-refractivity contribution in [3.63, 3.8) is 0 Å². The minimum atomic E-state index is 0.567. The molecular weight excluding hydrogens is 338 g/mol. The highest BCUT2D eigenvalue weighted by molar-refractivity contribution is 9.10. The van der Waals surface area contributed by atoms with Crippen molar-refractivity contribution in [2.24, 2.45) is 11.3 Å². The van der Waals surface area contributed by atoms with Crippen LogP contribution in [-0.4, -0.2) is 16.0 Å². The molecule has 0 bridgehead atoms. The summed E-state index contributed by atoms with van der Waals surface area (Å²) in [5, 5.41) is 3.65. The normalized spacial score (nSPS) is 27.8. The van der Waals surface area contributed by atoms with E-state index in [1.54, 1.807) is 6.33 Å². The highest BCUT2D eigenvalue weighted by atomic mass is 79.9. The Labute approximate surface area is 142 Å². The fourth-order valence-corrected chi connectivity index (χ4v) is 5.07. The molecule has 3 nitrogen and oxygen atoms in total. The molecule has 0 aromatic carbocycles. The number of nitrogens with one attached hydrogen (secondary N) is 1. The fourth-order valence-electron chi connectivity index (χ4n) is 4.47. The average molecular weight is 366 g/mol. The molecule has 1 aromatic heterocycles. The molecule has 0 radical (unpaired) electrons. The lowest BCUT2D eigenvalue weighted by Crippen LogP contribution is -2.33. The van der Waals surface area contributed by atoms with E-state index in [1.807, 2.05) is 0 Å². The van der Waals surface area contributed by atoms with Gasteiger partial charge in [0.15, 0.2) is 0 Å². The van der Waals surface area contributed by atoms with Gasteiger partial charge in [-0.1, -0.05) is 26.7 Å². The van der Waals surface area contributed by atoms with Crippen LogP contribution in [0.4, 0.5) is 5.82 Å².